The SMILES string of the molecule is COCCC[C@@H]1CCCN(C(=O)c2ncc(F)cc2F)C1. The van der Waals surface area contributed by atoms with Crippen molar-refractivity contribution in [2.45, 2.75) is 25.7 Å². The molecule has 1 amide bonds. The number of halogens is 2. The molecule has 0 spiro atoms. The summed E-state index contributed by atoms with van der Waals surface area (Å²) in [6.07, 6.45) is 4.76. The lowest BCUT2D eigenvalue weighted by atomic mass is 9.93. The fraction of sp³-hybridized carbons (Fsp3) is 0.600. The van der Waals surface area contributed by atoms with E-state index in [9.17, 15) is 13.6 Å². The molecule has 0 aliphatic carbocycles. The lowest BCUT2D eigenvalue weighted by Gasteiger charge is -2.32. The molecule has 116 valence electrons. The Morgan fingerprint density at radius 2 is 2.33 bits per heavy atom. The zero-order valence-corrected chi connectivity index (χ0v) is 12.1. The average Bonchev–Trinajstić information content (AvgIpc) is 2.47. The summed E-state index contributed by atoms with van der Waals surface area (Å²) in [5.74, 6) is -1.73. The van der Waals surface area contributed by atoms with Crippen LogP contribution < -0.4 is 0 Å². The van der Waals surface area contributed by atoms with Crippen LogP contribution in [0.4, 0.5) is 8.78 Å². The van der Waals surface area contributed by atoms with E-state index in [1.54, 1.807) is 12.0 Å². The van der Waals surface area contributed by atoms with Crippen LogP contribution in [0.2, 0.25) is 0 Å². The highest BCUT2D eigenvalue weighted by molar-refractivity contribution is 5.92. The van der Waals surface area contributed by atoms with Crippen LogP contribution >= 0.6 is 0 Å². The Kier molecular flexibility index (Phi) is 5.61. The lowest BCUT2D eigenvalue weighted by Crippen LogP contribution is -2.40. The number of piperidine rings is 1. The maximum atomic E-state index is 13.6. The first-order valence-electron chi connectivity index (χ1n) is 7.21. The number of likely N-dealkylation sites (tertiary alicyclic amines) is 1. The maximum Gasteiger partial charge on any atom is 0.275 e. The largest absolute Gasteiger partial charge is 0.385 e. The number of carbonyl (C=O) groups is 1. The van der Waals surface area contributed by atoms with Gasteiger partial charge in [-0.3, -0.25) is 4.79 Å². The third-order valence-corrected chi connectivity index (χ3v) is 3.78. The third-order valence-electron chi connectivity index (χ3n) is 3.78. The molecule has 1 atom stereocenters. The first-order valence-corrected chi connectivity index (χ1v) is 7.21. The van der Waals surface area contributed by atoms with Gasteiger partial charge < -0.3 is 9.64 Å². The Balaban J connectivity index is 1.98. The van der Waals surface area contributed by atoms with Crippen molar-refractivity contribution in [1.82, 2.24) is 9.88 Å². The molecule has 0 radical (unpaired) electrons. The van der Waals surface area contributed by atoms with Gasteiger partial charge in [-0.2, -0.15) is 0 Å². The average molecular weight is 298 g/mol. The number of methoxy groups -OCH3 is 1. The van der Waals surface area contributed by atoms with Gasteiger partial charge in [0.05, 0.1) is 6.20 Å². The highest BCUT2D eigenvalue weighted by atomic mass is 19.1. The molecule has 0 unspecified atom stereocenters. The normalized spacial score (nSPS) is 18.8. The van der Waals surface area contributed by atoms with Gasteiger partial charge in [0.2, 0.25) is 0 Å². The van der Waals surface area contributed by atoms with E-state index < -0.39 is 17.5 Å². The van der Waals surface area contributed by atoms with Crippen molar-refractivity contribution in [1.29, 1.82) is 0 Å². The van der Waals surface area contributed by atoms with Gasteiger partial charge in [-0.15, -0.1) is 0 Å². The second kappa shape index (κ2) is 7.45. The third kappa shape index (κ3) is 4.20. The monoisotopic (exact) mass is 298 g/mol. The first-order chi connectivity index (χ1) is 10.1. The van der Waals surface area contributed by atoms with Crippen molar-refractivity contribution >= 4 is 5.91 Å². The summed E-state index contributed by atoms with van der Waals surface area (Å²) in [7, 11) is 1.67. The van der Waals surface area contributed by atoms with Gasteiger partial charge in [0.1, 0.15) is 5.82 Å². The van der Waals surface area contributed by atoms with Crippen molar-refractivity contribution in [2.75, 3.05) is 26.8 Å². The predicted octanol–water partition coefficient (Wildman–Crippen LogP) is 2.64. The van der Waals surface area contributed by atoms with Gasteiger partial charge in [-0.05, 0) is 31.6 Å². The van der Waals surface area contributed by atoms with Crippen LogP contribution in [0.1, 0.15) is 36.2 Å². The number of hydrogen-bond acceptors (Lipinski definition) is 3. The van der Waals surface area contributed by atoms with Gasteiger partial charge >= 0.3 is 0 Å². The van der Waals surface area contributed by atoms with E-state index in [2.05, 4.69) is 4.98 Å². The number of nitrogens with zero attached hydrogens (tertiary/aromatic N) is 2. The fourth-order valence-corrected chi connectivity index (χ4v) is 2.72. The highest BCUT2D eigenvalue weighted by Gasteiger charge is 2.26. The minimum absolute atomic E-state index is 0.297. The number of carbonyl (C=O) groups excluding carboxylic acids is 1. The molecule has 0 saturated carbocycles. The Hall–Kier alpha value is -1.56. The molecule has 0 aromatic carbocycles. The highest BCUT2D eigenvalue weighted by Crippen LogP contribution is 2.22. The number of amides is 1. The van der Waals surface area contributed by atoms with Gasteiger partial charge in [0, 0.05) is 32.9 Å². The summed E-state index contributed by atoms with van der Waals surface area (Å²) < 4.78 is 31.5. The smallest absolute Gasteiger partial charge is 0.275 e. The van der Waals surface area contributed by atoms with E-state index in [0.717, 1.165) is 31.9 Å². The Labute approximate surface area is 123 Å². The summed E-state index contributed by atoms with van der Waals surface area (Å²) in [4.78, 5) is 17.5. The quantitative estimate of drug-likeness (QED) is 0.785. The van der Waals surface area contributed by atoms with Crippen LogP contribution in [0.3, 0.4) is 0 Å². The molecule has 21 heavy (non-hydrogen) atoms. The Morgan fingerprint density at radius 1 is 1.52 bits per heavy atom. The van der Waals surface area contributed by atoms with Gasteiger partial charge in [-0.1, -0.05) is 0 Å². The first kappa shape index (κ1) is 15.8. The van der Waals surface area contributed by atoms with Crippen LogP contribution in [-0.2, 0) is 4.74 Å². The van der Waals surface area contributed by atoms with E-state index in [0.29, 0.717) is 31.7 Å². The fourth-order valence-electron chi connectivity index (χ4n) is 2.72. The van der Waals surface area contributed by atoms with Crippen molar-refractivity contribution < 1.29 is 18.3 Å². The number of aromatic nitrogens is 1. The molecule has 1 aromatic rings. The van der Waals surface area contributed by atoms with E-state index in [4.69, 9.17) is 4.74 Å². The number of ether oxygens (including phenoxy) is 1. The maximum absolute atomic E-state index is 13.6. The Bertz CT molecular complexity index is 497. The molecular formula is C15H20F2N2O2. The van der Waals surface area contributed by atoms with Gasteiger partial charge in [-0.25, -0.2) is 13.8 Å². The molecule has 1 fully saturated rings. The minimum atomic E-state index is -0.901. The van der Waals surface area contributed by atoms with Gasteiger partial charge in [0.25, 0.3) is 5.91 Å². The summed E-state index contributed by atoms with van der Waals surface area (Å²) in [6, 6.07) is 0.695. The molecule has 2 rings (SSSR count). The summed E-state index contributed by atoms with van der Waals surface area (Å²) in [5, 5.41) is 0. The summed E-state index contributed by atoms with van der Waals surface area (Å²) in [5.41, 5.74) is -0.297. The van der Waals surface area contributed by atoms with Crippen LogP contribution in [0, 0.1) is 17.6 Å². The molecule has 1 aliphatic rings. The van der Waals surface area contributed by atoms with Crippen LogP contribution in [0.25, 0.3) is 0 Å². The summed E-state index contributed by atoms with van der Waals surface area (Å²) >= 11 is 0. The van der Waals surface area contributed by atoms with Crippen molar-refractivity contribution in [3.05, 3.63) is 29.6 Å². The van der Waals surface area contributed by atoms with E-state index >= 15 is 0 Å². The van der Waals surface area contributed by atoms with Crippen molar-refractivity contribution in [3.8, 4) is 0 Å². The molecule has 1 aliphatic heterocycles. The standard InChI is InChI=1S/C15H20F2N2O2/c1-21-7-3-5-11-4-2-6-19(10-11)15(20)14-13(17)8-12(16)9-18-14/h8-9,11H,2-7,10H2,1H3/t11-/m0/s1. The number of hydrogen-bond donors (Lipinski definition) is 0. The van der Waals surface area contributed by atoms with Crippen molar-refractivity contribution in [3.63, 3.8) is 0 Å². The zero-order valence-electron chi connectivity index (χ0n) is 12.1. The molecule has 2 heterocycles. The number of rotatable bonds is 5. The molecule has 0 bridgehead atoms. The molecule has 0 N–H and O–H groups in total. The lowest BCUT2D eigenvalue weighted by molar-refractivity contribution is 0.0649. The van der Waals surface area contributed by atoms with Crippen LogP contribution in [-0.4, -0.2) is 42.6 Å². The Morgan fingerprint density at radius 3 is 3.05 bits per heavy atom. The molecule has 1 saturated heterocycles. The number of pyridine rings is 1. The topological polar surface area (TPSA) is 42.4 Å². The van der Waals surface area contributed by atoms with Crippen LogP contribution in [0.15, 0.2) is 12.3 Å². The molecule has 6 heteroatoms. The van der Waals surface area contributed by atoms with Crippen molar-refractivity contribution in [2.24, 2.45) is 5.92 Å². The molecule has 1 aromatic heterocycles. The predicted molar refractivity (Wildman–Crippen MR) is 73.9 cm³/mol. The van der Waals surface area contributed by atoms with E-state index in [1.165, 1.54) is 0 Å². The molecule has 4 nitrogen and oxygen atoms in total. The summed E-state index contributed by atoms with van der Waals surface area (Å²) in [6.45, 7) is 1.90. The van der Waals surface area contributed by atoms with Crippen LogP contribution in [0.5, 0.6) is 0 Å². The van der Waals surface area contributed by atoms with Gasteiger partial charge in [0.15, 0.2) is 11.5 Å². The molecular weight excluding hydrogens is 278 g/mol. The van der Waals surface area contributed by atoms with E-state index in [-0.39, 0.29) is 5.69 Å². The zero-order chi connectivity index (χ0) is 15.2. The second-order valence-electron chi connectivity index (χ2n) is 5.38. The minimum Gasteiger partial charge on any atom is -0.385 e. The van der Waals surface area contributed by atoms with E-state index in [1.807, 2.05) is 0 Å². The second-order valence-corrected chi connectivity index (χ2v) is 5.38.